The van der Waals surface area contributed by atoms with Gasteiger partial charge in [-0.1, -0.05) is 13.0 Å². The Bertz CT molecular complexity index is 435. The average molecular weight is 308 g/mol. The van der Waals surface area contributed by atoms with Gasteiger partial charge in [-0.2, -0.15) is 13.2 Å². The van der Waals surface area contributed by atoms with Crippen molar-refractivity contribution in [3.8, 4) is 0 Å². The molecule has 21 heavy (non-hydrogen) atoms. The highest BCUT2D eigenvalue weighted by Crippen LogP contribution is 2.30. The molecule has 1 aliphatic heterocycles. The number of hydrogen-bond acceptors (Lipinski definition) is 2. The van der Waals surface area contributed by atoms with Crippen molar-refractivity contribution in [2.24, 2.45) is 5.92 Å². The van der Waals surface area contributed by atoms with Gasteiger partial charge in [-0.25, -0.2) is 4.79 Å². The van der Waals surface area contributed by atoms with E-state index >= 15 is 0 Å². The first kappa shape index (κ1) is 17.3. The Hall–Kier alpha value is -1.73. The van der Waals surface area contributed by atoms with Gasteiger partial charge in [0, 0.05) is 31.8 Å². The van der Waals surface area contributed by atoms with E-state index < -0.39 is 29.7 Å². The van der Waals surface area contributed by atoms with Gasteiger partial charge in [-0.15, -0.1) is 0 Å². The third-order valence-corrected chi connectivity index (χ3v) is 3.41. The van der Waals surface area contributed by atoms with Crippen molar-refractivity contribution in [2.75, 3.05) is 26.2 Å². The SMILES string of the molecule is CCN(CC(C)C(=O)O)C(=O)N1CC=C(C(F)(F)F)CC1. The van der Waals surface area contributed by atoms with Gasteiger partial charge < -0.3 is 14.9 Å². The molecule has 2 amide bonds. The van der Waals surface area contributed by atoms with Crippen LogP contribution in [-0.2, 0) is 4.79 Å². The molecule has 5 nitrogen and oxygen atoms in total. The first-order valence-corrected chi connectivity index (χ1v) is 6.69. The summed E-state index contributed by atoms with van der Waals surface area (Å²) in [6.45, 7) is 3.41. The monoisotopic (exact) mass is 308 g/mol. The Morgan fingerprint density at radius 3 is 2.48 bits per heavy atom. The molecule has 0 saturated heterocycles. The summed E-state index contributed by atoms with van der Waals surface area (Å²) in [5.74, 6) is -1.74. The molecule has 0 aliphatic carbocycles. The summed E-state index contributed by atoms with van der Waals surface area (Å²) in [5.41, 5.74) is -0.617. The van der Waals surface area contributed by atoms with Crippen LogP contribution in [0.2, 0.25) is 0 Å². The lowest BCUT2D eigenvalue weighted by Crippen LogP contribution is -2.47. The highest BCUT2D eigenvalue weighted by atomic mass is 19.4. The van der Waals surface area contributed by atoms with Crippen LogP contribution in [0, 0.1) is 5.92 Å². The number of nitrogens with zero attached hydrogens (tertiary/aromatic N) is 2. The van der Waals surface area contributed by atoms with Crippen LogP contribution in [0.3, 0.4) is 0 Å². The van der Waals surface area contributed by atoms with E-state index in [-0.39, 0.29) is 26.1 Å². The van der Waals surface area contributed by atoms with E-state index in [4.69, 9.17) is 5.11 Å². The second kappa shape index (κ2) is 6.82. The molecule has 0 spiro atoms. The predicted octanol–water partition coefficient (Wildman–Crippen LogP) is 2.34. The summed E-state index contributed by atoms with van der Waals surface area (Å²) in [5, 5.41) is 8.86. The van der Waals surface area contributed by atoms with Gasteiger partial charge in [-0.05, 0) is 13.3 Å². The minimum absolute atomic E-state index is 0.0118. The van der Waals surface area contributed by atoms with Crippen LogP contribution in [0.1, 0.15) is 20.3 Å². The molecular formula is C13H19F3N2O3. The normalized spacial score (nSPS) is 17.2. The zero-order valence-electron chi connectivity index (χ0n) is 12.0. The Labute approximate surface area is 121 Å². The smallest absolute Gasteiger partial charge is 0.412 e. The van der Waals surface area contributed by atoms with Gasteiger partial charge in [-0.3, -0.25) is 4.79 Å². The zero-order chi connectivity index (χ0) is 16.2. The summed E-state index contributed by atoms with van der Waals surface area (Å²) in [6, 6.07) is -0.428. The van der Waals surface area contributed by atoms with Crippen LogP contribution < -0.4 is 0 Å². The lowest BCUT2D eigenvalue weighted by molar-refractivity contribution is -0.141. The first-order valence-electron chi connectivity index (χ1n) is 6.69. The number of rotatable bonds is 4. The first-order chi connectivity index (χ1) is 9.66. The van der Waals surface area contributed by atoms with Crippen molar-refractivity contribution in [3.63, 3.8) is 0 Å². The summed E-state index contributed by atoms with van der Waals surface area (Å²) in [6.07, 6.45) is -3.57. The summed E-state index contributed by atoms with van der Waals surface area (Å²) < 4.78 is 37.5. The van der Waals surface area contributed by atoms with E-state index in [2.05, 4.69) is 0 Å². The number of carbonyl (C=O) groups is 2. The molecule has 0 radical (unpaired) electrons. The molecule has 0 aromatic rings. The lowest BCUT2D eigenvalue weighted by Gasteiger charge is -2.33. The van der Waals surface area contributed by atoms with Crippen LogP contribution in [-0.4, -0.2) is 59.3 Å². The highest BCUT2D eigenvalue weighted by Gasteiger charge is 2.36. The number of carboxylic acid groups (broad SMARTS) is 1. The van der Waals surface area contributed by atoms with Crippen LogP contribution in [0.5, 0.6) is 0 Å². The molecule has 1 N–H and O–H groups in total. The maximum Gasteiger partial charge on any atom is 0.412 e. The molecule has 0 bridgehead atoms. The van der Waals surface area contributed by atoms with Crippen molar-refractivity contribution in [2.45, 2.75) is 26.4 Å². The fourth-order valence-electron chi connectivity index (χ4n) is 2.05. The van der Waals surface area contributed by atoms with Gasteiger partial charge in [0.05, 0.1) is 5.92 Å². The maximum atomic E-state index is 12.5. The van der Waals surface area contributed by atoms with E-state index in [0.717, 1.165) is 6.08 Å². The number of hydrogen-bond donors (Lipinski definition) is 1. The molecule has 1 unspecified atom stereocenters. The maximum absolute atomic E-state index is 12.5. The standard InChI is InChI=1S/C13H19F3N2O3/c1-3-17(8-9(2)11(19)20)12(21)18-6-4-10(5-7-18)13(14,15)16/h4,9H,3,5-8H2,1-2H3,(H,19,20). The largest absolute Gasteiger partial charge is 0.481 e. The van der Waals surface area contributed by atoms with Gasteiger partial charge in [0.25, 0.3) is 0 Å². The molecule has 0 fully saturated rings. The van der Waals surface area contributed by atoms with Crippen molar-refractivity contribution in [1.82, 2.24) is 9.80 Å². The third-order valence-electron chi connectivity index (χ3n) is 3.41. The highest BCUT2D eigenvalue weighted by molar-refractivity contribution is 5.76. The molecular weight excluding hydrogens is 289 g/mol. The van der Waals surface area contributed by atoms with Crippen LogP contribution >= 0.6 is 0 Å². The summed E-state index contributed by atoms with van der Waals surface area (Å²) >= 11 is 0. The fourth-order valence-corrected chi connectivity index (χ4v) is 2.05. The number of amides is 2. The van der Waals surface area contributed by atoms with E-state index in [1.807, 2.05) is 0 Å². The number of carbonyl (C=O) groups excluding carboxylic acids is 1. The molecule has 1 heterocycles. The third kappa shape index (κ3) is 4.64. The minimum Gasteiger partial charge on any atom is -0.481 e. The van der Waals surface area contributed by atoms with Crippen LogP contribution in [0.15, 0.2) is 11.6 Å². The summed E-state index contributed by atoms with van der Waals surface area (Å²) in [4.78, 5) is 25.6. The van der Waals surface area contributed by atoms with E-state index in [0.29, 0.717) is 6.54 Å². The molecule has 1 aliphatic rings. The number of halogens is 3. The molecule has 8 heteroatoms. The van der Waals surface area contributed by atoms with Gasteiger partial charge in [0.2, 0.25) is 0 Å². The number of carboxylic acids is 1. The van der Waals surface area contributed by atoms with Crippen LogP contribution in [0.4, 0.5) is 18.0 Å². The predicted molar refractivity (Wildman–Crippen MR) is 69.8 cm³/mol. The quantitative estimate of drug-likeness (QED) is 0.811. The number of alkyl halides is 3. The minimum atomic E-state index is -4.35. The Morgan fingerprint density at radius 2 is 2.10 bits per heavy atom. The van der Waals surface area contributed by atoms with Crippen molar-refractivity contribution in [1.29, 1.82) is 0 Å². The molecule has 0 aromatic heterocycles. The van der Waals surface area contributed by atoms with Gasteiger partial charge >= 0.3 is 18.2 Å². The van der Waals surface area contributed by atoms with Crippen molar-refractivity contribution in [3.05, 3.63) is 11.6 Å². The number of aliphatic carboxylic acids is 1. The van der Waals surface area contributed by atoms with E-state index in [1.165, 1.54) is 16.7 Å². The van der Waals surface area contributed by atoms with Gasteiger partial charge in [0.1, 0.15) is 0 Å². The number of urea groups is 1. The average Bonchev–Trinajstić information content (AvgIpc) is 2.42. The Balaban J connectivity index is 2.67. The fraction of sp³-hybridized carbons (Fsp3) is 0.692. The topological polar surface area (TPSA) is 60.9 Å². The molecule has 0 saturated carbocycles. The Morgan fingerprint density at radius 1 is 1.48 bits per heavy atom. The molecule has 120 valence electrons. The van der Waals surface area contributed by atoms with Gasteiger partial charge in [0.15, 0.2) is 0 Å². The second-order valence-electron chi connectivity index (χ2n) is 4.98. The van der Waals surface area contributed by atoms with E-state index in [9.17, 15) is 22.8 Å². The summed E-state index contributed by atoms with van der Waals surface area (Å²) in [7, 11) is 0. The molecule has 1 rings (SSSR count). The van der Waals surface area contributed by atoms with E-state index in [1.54, 1.807) is 6.92 Å². The Kier molecular flexibility index (Phi) is 5.62. The molecule has 1 atom stereocenters. The lowest BCUT2D eigenvalue weighted by atomic mass is 10.1. The van der Waals surface area contributed by atoms with Crippen molar-refractivity contribution >= 4 is 12.0 Å². The molecule has 0 aromatic carbocycles. The zero-order valence-corrected chi connectivity index (χ0v) is 12.0. The second-order valence-corrected chi connectivity index (χ2v) is 4.98. The van der Waals surface area contributed by atoms with Crippen LogP contribution in [0.25, 0.3) is 0 Å². The van der Waals surface area contributed by atoms with Crippen molar-refractivity contribution < 1.29 is 27.9 Å².